The molecule has 1 aromatic carbocycles. The number of sulfonamides is 1. The van der Waals surface area contributed by atoms with Crippen LogP contribution < -0.4 is 15.2 Å². The van der Waals surface area contributed by atoms with Crippen molar-refractivity contribution in [3.8, 4) is 5.75 Å². The number of esters is 1. The van der Waals surface area contributed by atoms with Crippen LogP contribution in [0.1, 0.15) is 20.8 Å². The summed E-state index contributed by atoms with van der Waals surface area (Å²) in [7, 11) is -3.91. The number of amides is 1. The highest BCUT2D eigenvalue weighted by atomic mass is 32.2. The molecule has 1 amide bonds. The molecule has 1 aromatic rings. The molecule has 1 radical (unpaired) electrons. The number of ether oxygens (including phenoxy) is 2. The smallest absolute Gasteiger partial charge is 0.366 e. The van der Waals surface area contributed by atoms with E-state index in [0.29, 0.717) is 0 Å². The molecular weight excluding hydrogens is 312 g/mol. The lowest BCUT2D eigenvalue weighted by molar-refractivity contribution is -0.158. The summed E-state index contributed by atoms with van der Waals surface area (Å²) in [5.41, 5.74) is -0.685. The lowest BCUT2D eigenvalue weighted by atomic mass is 10.1. The highest BCUT2D eigenvalue weighted by Gasteiger charge is 2.39. The van der Waals surface area contributed by atoms with Crippen LogP contribution in [0.4, 0.5) is 5.69 Å². The summed E-state index contributed by atoms with van der Waals surface area (Å²) in [5.74, 6) is -1.62. The molecule has 1 heterocycles. The molecule has 22 heavy (non-hydrogen) atoms. The maximum absolute atomic E-state index is 11.9. The number of rotatable bonds is 2. The number of hydrogen-bond donors (Lipinski definition) is 2. The summed E-state index contributed by atoms with van der Waals surface area (Å²) in [5, 5.41) is 7.38. The maximum Gasteiger partial charge on any atom is 0.366 e. The van der Waals surface area contributed by atoms with Crippen molar-refractivity contribution < 1.29 is 27.5 Å². The van der Waals surface area contributed by atoms with Gasteiger partial charge in [-0.2, -0.15) is 0 Å². The van der Waals surface area contributed by atoms with Crippen LogP contribution in [0.15, 0.2) is 23.1 Å². The van der Waals surface area contributed by atoms with Crippen molar-refractivity contribution in [2.45, 2.75) is 31.3 Å². The zero-order valence-electron chi connectivity index (χ0n) is 12.2. The van der Waals surface area contributed by atoms with E-state index in [1.807, 2.05) is 0 Å². The Balaban J connectivity index is 2.28. The first-order valence-electron chi connectivity index (χ1n) is 6.24. The molecule has 0 fully saturated rings. The van der Waals surface area contributed by atoms with E-state index >= 15 is 0 Å². The molecule has 0 bridgehead atoms. The van der Waals surface area contributed by atoms with E-state index in [2.05, 4.69) is 5.32 Å². The number of benzene rings is 1. The third kappa shape index (κ3) is 3.55. The van der Waals surface area contributed by atoms with Gasteiger partial charge in [0.25, 0.3) is 5.91 Å². The number of nitrogens with one attached hydrogen (secondary N) is 1. The third-order valence-electron chi connectivity index (χ3n) is 2.53. The first-order chi connectivity index (χ1) is 9.97. The van der Waals surface area contributed by atoms with E-state index < -0.39 is 33.6 Å². The lowest BCUT2D eigenvalue weighted by Gasteiger charge is -2.26. The van der Waals surface area contributed by atoms with E-state index in [-0.39, 0.29) is 16.3 Å². The van der Waals surface area contributed by atoms with Gasteiger partial charge in [0.2, 0.25) is 10.0 Å². The Morgan fingerprint density at radius 3 is 2.50 bits per heavy atom. The predicted molar refractivity (Wildman–Crippen MR) is 76.2 cm³/mol. The molecule has 0 saturated heterocycles. The highest BCUT2D eigenvalue weighted by Crippen LogP contribution is 2.34. The Morgan fingerprint density at radius 1 is 1.32 bits per heavy atom. The van der Waals surface area contributed by atoms with Gasteiger partial charge in [-0.3, -0.25) is 4.79 Å². The van der Waals surface area contributed by atoms with Gasteiger partial charge in [0.1, 0.15) is 11.4 Å². The van der Waals surface area contributed by atoms with Crippen LogP contribution in [0.25, 0.3) is 0 Å². The van der Waals surface area contributed by atoms with Gasteiger partial charge in [-0.05, 0) is 39.0 Å². The minimum atomic E-state index is -3.91. The van der Waals surface area contributed by atoms with Gasteiger partial charge in [0, 0.05) is 0 Å². The van der Waals surface area contributed by atoms with Crippen molar-refractivity contribution in [3.05, 3.63) is 24.3 Å². The number of nitrogens with two attached hydrogens (primary N) is 1. The molecule has 2 rings (SSSR count). The number of fused-ring (bicyclic) bond motifs is 1. The SMILES string of the molecule is CC(C)(C)OC(=O)[C]1Oc2ccc(S(N)(=O)=O)cc2NC1=O. The van der Waals surface area contributed by atoms with Crippen molar-refractivity contribution in [2.75, 3.05) is 5.32 Å². The second-order valence-corrected chi connectivity index (χ2v) is 7.15. The fourth-order valence-corrected chi connectivity index (χ4v) is 2.21. The van der Waals surface area contributed by atoms with Crippen LogP contribution in [0.5, 0.6) is 5.75 Å². The summed E-state index contributed by atoms with van der Waals surface area (Å²) >= 11 is 0. The number of anilines is 1. The van der Waals surface area contributed by atoms with Crippen LogP contribution in [0.2, 0.25) is 0 Å². The maximum atomic E-state index is 11.9. The minimum absolute atomic E-state index is 0.101. The Kier molecular flexibility index (Phi) is 3.88. The largest absolute Gasteiger partial charge is 0.459 e. The summed E-state index contributed by atoms with van der Waals surface area (Å²) in [6.45, 7) is 4.95. The first kappa shape index (κ1) is 16.2. The molecule has 1 aliphatic heterocycles. The van der Waals surface area contributed by atoms with Crippen molar-refractivity contribution in [1.82, 2.24) is 0 Å². The lowest BCUT2D eigenvalue weighted by Crippen LogP contribution is -2.39. The molecule has 0 unspecified atom stereocenters. The Morgan fingerprint density at radius 2 is 1.95 bits per heavy atom. The van der Waals surface area contributed by atoms with Crippen molar-refractivity contribution in [2.24, 2.45) is 5.14 Å². The van der Waals surface area contributed by atoms with E-state index in [4.69, 9.17) is 14.6 Å². The molecule has 119 valence electrons. The number of hydrogen-bond acceptors (Lipinski definition) is 6. The fourth-order valence-electron chi connectivity index (χ4n) is 1.67. The topological polar surface area (TPSA) is 125 Å². The monoisotopic (exact) mass is 327 g/mol. The zero-order chi connectivity index (χ0) is 16.7. The summed E-state index contributed by atoms with van der Waals surface area (Å²) in [4.78, 5) is 23.6. The van der Waals surface area contributed by atoms with E-state index in [1.165, 1.54) is 12.1 Å². The second kappa shape index (κ2) is 5.25. The Labute approximate surface area is 127 Å². The van der Waals surface area contributed by atoms with Gasteiger partial charge >= 0.3 is 12.1 Å². The van der Waals surface area contributed by atoms with Crippen molar-refractivity contribution >= 4 is 27.6 Å². The number of carbonyl (C=O) groups is 2. The molecule has 1 aliphatic rings. The summed E-state index contributed by atoms with van der Waals surface area (Å²) in [6.07, 6.45) is -0.522. The van der Waals surface area contributed by atoms with Crippen LogP contribution >= 0.6 is 0 Å². The standard InChI is InChI=1S/C13H15N2O6S/c1-13(2,3)21-12(17)10-11(16)15-8-6-7(22(14,18)19)4-5-9(8)20-10/h4-6H,1-3H3,(H,15,16)(H2,14,18,19). The molecule has 0 saturated carbocycles. The van der Waals surface area contributed by atoms with Crippen molar-refractivity contribution in [3.63, 3.8) is 0 Å². The molecule has 0 aromatic heterocycles. The van der Waals surface area contributed by atoms with Gasteiger partial charge in [-0.15, -0.1) is 0 Å². The van der Waals surface area contributed by atoms with Gasteiger partial charge in [0.05, 0.1) is 10.6 Å². The molecule has 0 spiro atoms. The normalized spacial score (nSPS) is 15.5. The Bertz CT molecular complexity index is 735. The van der Waals surface area contributed by atoms with Crippen LogP contribution in [0.3, 0.4) is 0 Å². The minimum Gasteiger partial charge on any atom is -0.459 e. The van der Waals surface area contributed by atoms with E-state index in [9.17, 15) is 18.0 Å². The number of carbonyl (C=O) groups excluding carboxylic acids is 2. The first-order valence-corrected chi connectivity index (χ1v) is 7.78. The average molecular weight is 327 g/mol. The van der Waals surface area contributed by atoms with E-state index in [1.54, 1.807) is 20.8 Å². The molecular formula is C13H15N2O6S. The highest BCUT2D eigenvalue weighted by molar-refractivity contribution is 7.89. The van der Waals surface area contributed by atoms with Gasteiger partial charge in [-0.1, -0.05) is 0 Å². The molecule has 0 aliphatic carbocycles. The molecule has 0 atom stereocenters. The van der Waals surface area contributed by atoms with Crippen LogP contribution in [-0.2, 0) is 24.3 Å². The van der Waals surface area contributed by atoms with E-state index in [0.717, 1.165) is 6.07 Å². The molecule has 3 N–H and O–H groups in total. The predicted octanol–water partition coefficient (Wildman–Crippen LogP) is 0.539. The third-order valence-corrected chi connectivity index (χ3v) is 3.44. The average Bonchev–Trinajstić information content (AvgIpc) is 2.33. The fraction of sp³-hybridized carbons (Fsp3) is 0.308. The van der Waals surface area contributed by atoms with Crippen molar-refractivity contribution in [1.29, 1.82) is 0 Å². The zero-order valence-corrected chi connectivity index (χ0v) is 13.0. The molecule has 8 nitrogen and oxygen atoms in total. The van der Waals surface area contributed by atoms with Gasteiger partial charge in [0.15, 0.2) is 0 Å². The number of primary sulfonamides is 1. The van der Waals surface area contributed by atoms with Crippen LogP contribution in [0, 0.1) is 6.10 Å². The Hall–Kier alpha value is -2.13. The summed E-state index contributed by atoms with van der Waals surface area (Å²) < 4.78 is 32.8. The second-order valence-electron chi connectivity index (χ2n) is 5.59. The van der Waals surface area contributed by atoms with Crippen LogP contribution in [-0.4, -0.2) is 25.9 Å². The quantitative estimate of drug-likeness (QED) is 0.764. The molecule has 9 heteroatoms. The van der Waals surface area contributed by atoms with Gasteiger partial charge in [-0.25, -0.2) is 18.4 Å². The van der Waals surface area contributed by atoms with Gasteiger partial charge < -0.3 is 14.8 Å². The summed E-state index contributed by atoms with van der Waals surface area (Å²) in [6, 6.07) is 3.64.